The minimum Gasteiger partial charge on any atom is -0.478 e. The highest BCUT2D eigenvalue weighted by Gasteiger charge is 2.09. The zero-order chi connectivity index (χ0) is 25.3. The molecule has 4 heterocycles. The molecule has 184 valence electrons. The van der Waals surface area contributed by atoms with Crippen LogP contribution >= 0.6 is 0 Å². The van der Waals surface area contributed by atoms with Gasteiger partial charge >= 0.3 is 11.9 Å². The zero-order valence-corrected chi connectivity index (χ0v) is 19.8. The van der Waals surface area contributed by atoms with Crippen molar-refractivity contribution in [1.82, 2.24) is 20.6 Å². The van der Waals surface area contributed by atoms with E-state index in [1.54, 1.807) is 12.1 Å². The van der Waals surface area contributed by atoms with Gasteiger partial charge in [0, 0.05) is 19.3 Å². The fraction of sp³-hybridized carbons (Fsp3) is 0.364. The molecule has 0 saturated carbocycles. The zero-order valence-electron chi connectivity index (χ0n) is 19.8. The Bertz CT molecular complexity index is 915. The average molecular weight is 473 g/mol. The molecule has 0 saturated heterocycles. The molecule has 2 aliphatic heterocycles. The van der Waals surface area contributed by atoms with E-state index in [9.17, 15) is 9.59 Å². The van der Waals surface area contributed by atoms with Crippen molar-refractivity contribution in [2.24, 2.45) is 9.98 Å². The van der Waals surface area contributed by atoms with Crippen LogP contribution in [0.1, 0.15) is 48.5 Å². The Morgan fingerprint density at radius 2 is 1.44 bits per heavy atom. The average Bonchev–Trinajstić information content (AvgIpc) is 3.57. The van der Waals surface area contributed by atoms with E-state index in [-0.39, 0.29) is 11.3 Å². The number of aromatic carboxylic acids is 2. The largest absolute Gasteiger partial charge is 0.478 e. The number of anilines is 2. The summed E-state index contributed by atoms with van der Waals surface area (Å²) in [7, 11) is 0. The number of hydrogen-bond donors (Lipinski definition) is 6. The molecule has 0 amide bonds. The number of carboxylic acids is 2. The van der Waals surface area contributed by atoms with E-state index >= 15 is 0 Å². The second kappa shape index (κ2) is 15.6. The van der Waals surface area contributed by atoms with Crippen LogP contribution in [0.15, 0.2) is 46.5 Å². The van der Waals surface area contributed by atoms with Crippen molar-refractivity contribution >= 4 is 35.5 Å². The lowest BCUT2D eigenvalue weighted by molar-refractivity contribution is 0.0682. The number of aromatic nitrogens is 2. The quantitative estimate of drug-likeness (QED) is 0.388. The topological polar surface area (TPSA) is 173 Å². The predicted octanol–water partition coefficient (Wildman–Crippen LogP) is 2.35. The van der Waals surface area contributed by atoms with Crippen LogP contribution in [0.2, 0.25) is 0 Å². The maximum absolute atomic E-state index is 10.7. The van der Waals surface area contributed by atoms with E-state index in [0.29, 0.717) is 23.6 Å². The number of carboxylic acid groups (broad SMARTS) is 2. The minimum atomic E-state index is -1.04. The van der Waals surface area contributed by atoms with Gasteiger partial charge in [0.25, 0.3) is 0 Å². The van der Waals surface area contributed by atoms with Gasteiger partial charge in [-0.15, -0.1) is 0 Å². The molecule has 0 aliphatic carbocycles. The first-order valence-electron chi connectivity index (χ1n) is 11.0. The van der Waals surface area contributed by atoms with Crippen molar-refractivity contribution in [3.05, 3.63) is 47.8 Å². The SMILES string of the molecule is CC.CC.O=C(O)c1cccc(NC2=NCCN2)n1.O=C(O)c1ccnc(NC2=NCCN2)c1. The summed E-state index contributed by atoms with van der Waals surface area (Å²) in [6, 6.07) is 7.67. The minimum absolute atomic E-state index is 0.0126. The smallest absolute Gasteiger partial charge is 0.354 e. The second-order valence-electron chi connectivity index (χ2n) is 6.01. The summed E-state index contributed by atoms with van der Waals surface area (Å²) in [5, 5.41) is 29.3. The van der Waals surface area contributed by atoms with Gasteiger partial charge in [-0.05, 0) is 24.3 Å². The highest BCUT2D eigenvalue weighted by atomic mass is 16.4. The predicted molar refractivity (Wildman–Crippen MR) is 133 cm³/mol. The first kappa shape index (κ1) is 27.8. The van der Waals surface area contributed by atoms with E-state index in [0.717, 1.165) is 26.2 Å². The Kier molecular flexibility index (Phi) is 12.7. The fourth-order valence-electron chi connectivity index (χ4n) is 2.46. The number of aliphatic imine (C=N–C) groups is 2. The molecule has 6 N–H and O–H groups in total. The number of rotatable bonds is 4. The molecule has 2 aliphatic rings. The fourth-order valence-corrected chi connectivity index (χ4v) is 2.46. The Hall–Kier alpha value is -4.22. The van der Waals surface area contributed by atoms with Gasteiger partial charge in [0.05, 0.1) is 18.7 Å². The third-order valence-corrected chi connectivity index (χ3v) is 3.82. The van der Waals surface area contributed by atoms with Crippen LogP contribution in [0, 0.1) is 0 Å². The molecule has 12 heteroatoms. The van der Waals surface area contributed by atoms with Gasteiger partial charge in [0.15, 0.2) is 17.6 Å². The lowest BCUT2D eigenvalue weighted by Gasteiger charge is -2.05. The monoisotopic (exact) mass is 472 g/mol. The Labute approximate surface area is 198 Å². The van der Waals surface area contributed by atoms with Crippen molar-refractivity contribution in [2.45, 2.75) is 27.7 Å². The number of hydrogen-bond acceptors (Lipinski definition) is 10. The summed E-state index contributed by atoms with van der Waals surface area (Å²) in [5.74, 6) is 0.197. The molecule has 0 fully saturated rings. The molecule has 0 bridgehead atoms. The van der Waals surface area contributed by atoms with Crippen LogP contribution in [0.4, 0.5) is 11.6 Å². The van der Waals surface area contributed by atoms with Crippen LogP contribution in [0.3, 0.4) is 0 Å². The van der Waals surface area contributed by atoms with E-state index in [2.05, 4.69) is 41.2 Å². The number of guanidine groups is 2. The van der Waals surface area contributed by atoms with Crippen molar-refractivity contribution < 1.29 is 19.8 Å². The van der Waals surface area contributed by atoms with Gasteiger partial charge in [-0.25, -0.2) is 19.6 Å². The van der Waals surface area contributed by atoms with Crippen LogP contribution in [-0.2, 0) is 0 Å². The van der Waals surface area contributed by atoms with Crippen LogP contribution in [0.25, 0.3) is 0 Å². The molecule has 4 rings (SSSR count). The number of nitrogens with one attached hydrogen (secondary N) is 4. The highest BCUT2D eigenvalue weighted by molar-refractivity contribution is 5.95. The molecular weight excluding hydrogens is 440 g/mol. The molecule has 0 radical (unpaired) electrons. The van der Waals surface area contributed by atoms with Gasteiger partial charge in [-0.2, -0.15) is 0 Å². The molecule has 2 aromatic heterocycles. The third-order valence-electron chi connectivity index (χ3n) is 3.82. The van der Waals surface area contributed by atoms with Gasteiger partial charge in [0.1, 0.15) is 11.6 Å². The van der Waals surface area contributed by atoms with Crippen molar-refractivity contribution in [1.29, 1.82) is 0 Å². The second-order valence-corrected chi connectivity index (χ2v) is 6.01. The van der Waals surface area contributed by atoms with Crippen molar-refractivity contribution in [2.75, 3.05) is 36.8 Å². The highest BCUT2D eigenvalue weighted by Crippen LogP contribution is 2.07. The summed E-state index contributed by atoms with van der Waals surface area (Å²) < 4.78 is 0. The van der Waals surface area contributed by atoms with Gasteiger partial charge < -0.3 is 31.5 Å². The molecule has 12 nitrogen and oxygen atoms in total. The van der Waals surface area contributed by atoms with Crippen LogP contribution in [0.5, 0.6) is 0 Å². The summed E-state index contributed by atoms with van der Waals surface area (Å²) in [6.07, 6.45) is 1.45. The van der Waals surface area contributed by atoms with E-state index < -0.39 is 11.9 Å². The Morgan fingerprint density at radius 1 is 0.853 bits per heavy atom. The lowest BCUT2D eigenvalue weighted by atomic mass is 10.2. The van der Waals surface area contributed by atoms with Crippen molar-refractivity contribution in [3.63, 3.8) is 0 Å². The molecule has 2 aromatic rings. The number of nitrogens with zero attached hydrogens (tertiary/aromatic N) is 4. The molecule has 34 heavy (non-hydrogen) atoms. The molecule has 0 spiro atoms. The van der Waals surface area contributed by atoms with Gasteiger partial charge in [0.2, 0.25) is 0 Å². The number of carbonyl (C=O) groups is 2. The summed E-state index contributed by atoms with van der Waals surface area (Å²) in [4.78, 5) is 37.5. The number of pyridine rings is 2. The molecule has 0 aromatic carbocycles. The van der Waals surface area contributed by atoms with E-state index in [1.807, 2.05) is 27.7 Å². The summed E-state index contributed by atoms with van der Waals surface area (Å²) in [5.41, 5.74) is 0.213. The summed E-state index contributed by atoms with van der Waals surface area (Å²) in [6.45, 7) is 11.0. The van der Waals surface area contributed by atoms with Gasteiger partial charge in [-0.1, -0.05) is 33.8 Å². The van der Waals surface area contributed by atoms with Crippen LogP contribution in [-0.4, -0.2) is 70.2 Å². The maximum atomic E-state index is 10.7. The Balaban J connectivity index is 0.000000297. The normalized spacial score (nSPS) is 12.9. The summed E-state index contributed by atoms with van der Waals surface area (Å²) >= 11 is 0. The van der Waals surface area contributed by atoms with Crippen molar-refractivity contribution in [3.8, 4) is 0 Å². The third kappa shape index (κ3) is 9.51. The van der Waals surface area contributed by atoms with E-state index in [4.69, 9.17) is 10.2 Å². The molecule has 0 atom stereocenters. The first-order chi connectivity index (χ1) is 16.5. The lowest BCUT2D eigenvalue weighted by Crippen LogP contribution is -2.26. The Morgan fingerprint density at radius 3 is 1.94 bits per heavy atom. The molecular formula is C22H32N8O4. The standard InChI is InChI=1S/2C9H10N4O2.2C2H6/c14-8(15)6-1-2-10-7(5-6)13-9-11-3-4-12-9;14-8(15)6-2-1-3-7(12-6)13-9-10-4-5-11-9;2*1-2/h1-2,5H,3-4H2,(H,14,15)(H2,10,11,12,13);1-3H,4-5H2,(H,14,15)(H2,10,11,12,13);2*1-2H3. The van der Waals surface area contributed by atoms with Crippen LogP contribution < -0.4 is 21.3 Å². The van der Waals surface area contributed by atoms with E-state index in [1.165, 1.54) is 24.4 Å². The molecule has 0 unspecified atom stereocenters. The van der Waals surface area contributed by atoms with Gasteiger partial charge in [-0.3, -0.25) is 9.98 Å². The maximum Gasteiger partial charge on any atom is 0.354 e. The first-order valence-corrected chi connectivity index (χ1v) is 11.0.